The Kier molecular flexibility index (Phi) is 4.32. The maximum atomic E-state index is 10.6. The number of benzene rings is 1. The first-order valence-electron chi connectivity index (χ1n) is 9.51. The van der Waals surface area contributed by atoms with Gasteiger partial charge in [-0.3, -0.25) is 5.32 Å². The van der Waals surface area contributed by atoms with Crippen LogP contribution in [0.2, 0.25) is 0 Å². The summed E-state index contributed by atoms with van der Waals surface area (Å²) in [7, 11) is 0. The van der Waals surface area contributed by atoms with Crippen LogP contribution in [0.1, 0.15) is 67.5 Å². The largest absolute Gasteiger partial charge is 0.383 e. The Morgan fingerprint density at radius 3 is 2.77 bits per heavy atom. The van der Waals surface area contributed by atoms with Crippen LogP contribution in [0.3, 0.4) is 0 Å². The van der Waals surface area contributed by atoms with E-state index >= 15 is 0 Å². The molecule has 6 heteroatoms. The van der Waals surface area contributed by atoms with Gasteiger partial charge in [0.25, 0.3) is 0 Å². The summed E-state index contributed by atoms with van der Waals surface area (Å²) in [6, 6.07) is 4.25. The minimum absolute atomic E-state index is 0.103. The Balaban J connectivity index is 1.75. The van der Waals surface area contributed by atoms with Crippen LogP contribution in [0.15, 0.2) is 18.5 Å². The van der Waals surface area contributed by atoms with Gasteiger partial charge in [-0.2, -0.15) is 0 Å². The molecule has 1 aromatic carbocycles. The number of nitrogen functional groups attached to an aromatic ring is 1. The zero-order chi connectivity index (χ0) is 18.3. The lowest BCUT2D eigenvalue weighted by atomic mass is 9.77. The minimum atomic E-state index is -0.585. The number of aromatic nitrogens is 2. The third kappa shape index (κ3) is 2.73. The third-order valence-corrected chi connectivity index (χ3v) is 5.89. The van der Waals surface area contributed by atoms with Gasteiger partial charge in [0.2, 0.25) is 0 Å². The van der Waals surface area contributed by atoms with Crippen molar-refractivity contribution < 1.29 is 5.11 Å². The van der Waals surface area contributed by atoms with Crippen LogP contribution in [-0.2, 0) is 12.0 Å². The number of hydrogen-bond acceptors (Lipinski definition) is 6. The van der Waals surface area contributed by atoms with Crippen LogP contribution >= 0.6 is 0 Å². The topological polar surface area (TPSA) is 96.1 Å². The van der Waals surface area contributed by atoms with Gasteiger partial charge in [0.15, 0.2) is 0 Å². The third-order valence-electron chi connectivity index (χ3n) is 5.89. The molecule has 5 N–H and O–H groups in total. The van der Waals surface area contributed by atoms with E-state index in [-0.39, 0.29) is 5.54 Å². The molecule has 1 atom stereocenters. The van der Waals surface area contributed by atoms with Crippen molar-refractivity contribution in [3.63, 3.8) is 0 Å². The molecule has 0 radical (unpaired) electrons. The molecule has 1 saturated carbocycles. The molecule has 6 nitrogen and oxygen atoms in total. The average Bonchev–Trinajstić information content (AvgIpc) is 2.88. The van der Waals surface area contributed by atoms with Gasteiger partial charge in [-0.1, -0.05) is 26.2 Å². The van der Waals surface area contributed by atoms with E-state index in [0.29, 0.717) is 5.82 Å². The lowest BCUT2D eigenvalue weighted by Gasteiger charge is -2.35. The Hall–Kier alpha value is -2.18. The highest BCUT2D eigenvalue weighted by Gasteiger charge is 2.44. The van der Waals surface area contributed by atoms with Gasteiger partial charge in [0.05, 0.1) is 0 Å². The Morgan fingerprint density at radius 2 is 2.04 bits per heavy atom. The van der Waals surface area contributed by atoms with Gasteiger partial charge in [-0.25, -0.2) is 9.97 Å². The van der Waals surface area contributed by atoms with Crippen molar-refractivity contribution in [3.8, 4) is 0 Å². The fourth-order valence-electron chi connectivity index (χ4n) is 4.63. The summed E-state index contributed by atoms with van der Waals surface area (Å²) in [5, 5.41) is 17.5. The second kappa shape index (κ2) is 6.52. The lowest BCUT2D eigenvalue weighted by molar-refractivity contribution is 0.0975. The van der Waals surface area contributed by atoms with Gasteiger partial charge in [-0.05, 0) is 49.4 Å². The van der Waals surface area contributed by atoms with Crippen LogP contribution in [0.25, 0.3) is 0 Å². The number of anilines is 3. The molecule has 1 unspecified atom stereocenters. The molecule has 1 aromatic heterocycles. The molecule has 2 aliphatic rings. The highest BCUT2D eigenvalue weighted by molar-refractivity contribution is 5.67. The number of fused-ring (bicyclic) bond motifs is 2. The summed E-state index contributed by atoms with van der Waals surface area (Å²) in [6.45, 7) is 4.11. The molecule has 26 heavy (non-hydrogen) atoms. The quantitative estimate of drug-likeness (QED) is 0.675. The number of nitrogens with two attached hydrogens (primary N) is 1. The maximum Gasteiger partial charge on any atom is 0.139 e. The van der Waals surface area contributed by atoms with Gasteiger partial charge in [0.1, 0.15) is 24.2 Å². The summed E-state index contributed by atoms with van der Waals surface area (Å²) >= 11 is 0. The fraction of sp³-hybridized carbons (Fsp3) is 0.500. The SMILES string of the molecule is CCc1c(N)ncnc1Nc1cc(C)c2c(c1)C1(CCCCC1)NC2O. The molecule has 1 spiro atoms. The maximum absolute atomic E-state index is 10.6. The lowest BCUT2D eigenvalue weighted by Crippen LogP contribution is -2.40. The molecule has 2 heterocycles. The highest BCUT2D eigenvalue weighted by atomic mass is 16.3. The summed E-state index contributed by atoms with van der Waals surface area (Å²) in [5.41, 5.74) is 11.2. The van der Waals surface area contributed by atoms with Gasteiger partial charge in [0, 0.05) is 22.4 Å². The zero-order valence-electron chi connectivity index (χ0n) is 15.5. The predicted molar refractivity (Wildman–Crippen MR) is 103 cm³/mol. The van der Waals surface area contributed by atoms with E-state index in [0.717, 1.165) is 47.5 Å². The first kappa shape index (κ1) is 17.2. The monoisotopic (exact) mass is 353 g/mol. The molecule has 138 valence electrons. The van der Waals surface area contributed by atoms with Crippen molar-refractivity contribution in [2.45, 2.75) is 64.1 Å². The van der Waals surface area contributed by atoms with Crippen LogP contribution in [0.5, 0.6) is 0 Å². The van der Waals surface area contributed by atoms with Crippen LogP contribution in [0.4, 0.5) is 17.3 Å². The minimum Gasteiger partial charge on any atom is -0.383 e. The van der Waals surface area contributed by atoms with E-state index in [4.69, 9.17) is 5.73 Å². The number of nitrogens with zero attached hydrogens (tertiary/aromatic N) is 2. The second-order valence-corrected chi connectivity index (χ2v) is 7.51. The molecule has 0 bridgehead atoms. The number of aliphatic hydroxyl groups excluding tert-OH is 1. The zero-order valence-corrected chi connectivity index (χ0v) is 15.5. The summed E-state index contributed by atoms with van der Waals surface area (Å²) in [6.07, 6.45) is 7.47. The number of aliphatic hydroxyl groups is 1. The molecule has 1 fully saturated rings. The van der Waals surface area contributed by atoms with Crippen LogP contribution in [-0.4, -0.2) is 15.1 Å². The number of hydrogen-bond donors (Lipinski definition) is 4. The van der Waals surface area contributed by atoms with Crippen molar-refractivity contribution in [1.29, 1.82) is 0 Å². The average molecular weight is 353 g/mol. The Labute approximate surface area is 154 Å². The second-order valence-electron chi connectivity index (χ2n) is 7.51. The van der Waals surface area contributed by atoms with E-state index in [1.165, 1.54) is 31.2 Å². The molecule has 1 aliphatic carbocycles. The Morgan fingerprint density at radius 1 is 1.27 bits per heavy atom. The van der Waals surface area contributed by atoms with Gasteiger partial charge < -0.3 is 16.2 Å². The number of nitrogens with one attached hydrogen (secondary N) is 2. The predicted octanol–water partition coefficient (Wildman–Crippen LogP) is 3.43. The summed E-state index contributed by atoms with van der Waals surface area (Å²) in [4.78, 5) is 8.47. The van der Waals surface area contributed by atoms with E-state index in [9.17, 15) is 5.11 Å². The first-order chi connectivity index (χ1) is 12.5. The fourth-order valence-corrected chi connectivity index (χ4v) is 4.63. The van der Waals surface area contributed by atoms with Crippen LogP contribution < -0.4 is 16.4 Å². The van der Waals surface area contributed by atoms with Gasteiger partial charge >= 0.3 is 0 Å². The normalized spacial score (nSPS) is 21.0. The van der Waals surface area contributed by atoms with E-state index < -0.39 is 6.23 Å². The van der Waals surface area contributed by atoms with Crippen molar-refractivity contribution in [1.82, 2.24) is 15.3 Å². The van der Waals surface area contributed by atoms with E-state index in [1.54, 1.807) is 0 Å². The number of aryl methyl sites for hydroxylation is 1. The highest BCUT2D eigenvalue weighted by Crippen LogP contribution is 2.47. The van der Waals surface area contributed by atoms with Gasteiger partial charge in [-0.15, -0.1) is 0 Å². The standard InChI is InChI=1S/C20H27N5O/c1-3-14-17(21)22-11-23-18(14)24-13-9-12(2)16-15(10-13)20(25-19(16)26)7-5-4-6-8-20/h9-11,19,25-26H,3-8H2,1-2H3,(H3,21,22,23,24). The molecule has 4 rings (SSSR count). The molecule has 2 aromatic rings. The molecule has 0 saturated heterocycles. The molecular weight excluding hydrogens is 326 g/mol. The first-order valence-corrected chi connectivity index (χ1v) is 9.51. The Bertz CT molecular complexity index is 829. The van der Waals surface area contributed by atoms with Crippen molar-refractivity contribution >= 4 is 17.3 Å². The van der Waals surface area contributed by atoms with Crippen molar-refractivity contribution in [2.24, 2.45) is 0 Å². The summed E-state index contributed by atoms with van der Waals surface area (Å²) < 4.78 is 0. The molecular formula is C20H27N5O. The van der Waals surface area contributed by atoms with Crippen LogP contribution in [0, 0.1) is 6.92 Å². The van der Waals surface area contributed by atoms with Crippen molar-refractivity contribution in [2.75, 3.05) is 11.1 Å². The van der Waals surface area contributed by atoms with Crippen molar-refractivity contribution in [3.05, 3.63) is 40.7 Å². The smallest absolute Gasteiger partial charge is 0.139 e. The number of rotatable bonds is 3. The van der Waals surface area contributed by atoms with E-state index in [2.05, 4.69) is 39.7 Å². The molecule has 0 amide bonds. The molecule has 1 aliphatic heterocycles. The summed E-state index contributed by atoms with van der Waals surface area (Å²) in [5.74, 6) is 1.27. The van der Waals surface area contributed by atoms with E-state index in [1.807, 2.05) is 6.92 Å².